The van der Waals surface area contributed by atoms with E-state index in [-0.39, 0.29) is 28.7 Å². The lowest BCUT2D eigenvalue weighted by Gasteiger charge is -2.48. The number of rotatable bonds is 8. The fraction of sp³-hybridized carbons (Fsp3) is 0.406. The number of nitrogens with zero attached hydrogens (tertiary/aromatic N) is 5. The van der Waals surface area contributed by atoms with Crippen molar-refractivity contribution in [3.05, 3.63) is 76.5 Å². The highest BCUT2D eigenvalue weighted by Crippen LogP contribution is 2.55. The summed E-state index contributed by atoms with van der Waals surface area (Å²) in [5, 5.41) is 5.32. The second-order valence-electron chi connectivity index (χ2n) is 12.3. The highest BCUT2D eigenvalue weighted by Gasteiger charge is 2.50. The Morgan fingerprint density at radius 2 is 2.00 bits per heavy atom. The van der Waals surface area contributed by atoms with Crippen molar-refractivity contribution in [1.29, 1.82) is 0 Å². The van der Waals surface area contributed by atoms with E-state index >= 15 is 0 Å². The Morgan fingerprint density at radius 1 is 1.20 bits per heavy atom. The number of anilines is 1. The van der Waals surface area contributed by atoms with Crippen LogP contribution < -0.4 is 4.90 Å². The number of alkyl halides is 1. The van der Waals surface area contributed by atoms with Gasteiger partial charge >= 0.3 is 0 Å². The Morgan fingerprint density at radius 3 is 2.68 bits per heavy atom. The van der Waals surface area contributed by atoms with Crippen LogP contribution in [-0.4, -0.2) is 39.2 Å². The summed E-state index contributed by atoms with van der Waals surface area (Å²) in [6.45, 7) is 11.9. The first kappa shape index (κ1) is 27.4. The normalized spacial score (nSPS) is 16.1. The maximum absolute atomic E-state index is 13.6. The highest BCUT2D eigenvalue weighted by atomic mass is 32.1. The van der Waals surface area contributed by atoms with Crippen LogP contribution in [0.2, 0.25) is 0 Å². The number of carbonyl (C=O) groups excluding carboxylic acids is 1. The Balaban J connectivity index is 1.28. The van der Waals surface area contributed by atoms with Crippen molar-refractivity contribution < 1.29 is 13.7 Å². The Kier molecular flexibility index (Phi) is 6.88. The van der Waals surface area contributed by atoms with E-state index in [1.807, 2.05) is 37.4 Å². The first-order chi connectivity index (χ1) is 19.6. The molecule has 212 valence electrons. The molecule has 4 aromatic rings. The number of fused-ring (bicyclic) bond motifs is 3. The minimum atomic E-state index is -0.615. The van der Waals surface area contributed by atoms with Gasteiger partial charge in [0.15, 0.2) is 11.5 Å². The van der Waals surface area contributed by atoms with Gasteiger partial charge in [0.1, 0.15) is 0 Å². The molecular weight excluding hydrogens is 537 g/mol. The van der Waals surface area contributed by atoms with Crippen molar-refractivity contribution >= 4 is 33.3 Å². The molecule has 2 bridgehead atoms. The van der Waals surface area contributed by atoms with Gasteiger partial charge in [-0.05, 0) is 56.4 Å². The van der Waals surface area contributed by atoms with E-state index in [2.05, 4.69) is 48.5 Å². The first-order valence-electron chi connectivity index (χ1n) is 14.0. The van der Waals surface area contributed by atoms with Crippen LogP contribution in [-0.2, 0) is 15.6 Å². The molecule has 1 amide bonds. The SMILES string of the molecule is C=C(CCF)C(=O)N(CC1=C2CC(c3noc(C(C)(C)C)n3)(CC1)C2)c1cccc(-c2cnc3nc(C)sc3c2)c1. The van der Waals surface area contributed by atoms with Gasteiger partial charge < -0.3 is 9.42 Å². The molecule has 3 aliphatic rings. The van der Waals surface area contributed by atoms with E-state index in [9.17, 15) is 9.18 Å². The van der Waals surface area contributed by atoms with E-state index < -0.39 is 6.67 Å². The molecule has 0 N–H and O–H groups in total. The maximum atomic E-state index is 13.6. The molecule has 1 fully saturated rings. The molecule has 3 aromatic heterocycles. The number of pyridine rings is 1. The number of benzene rings is 1. The number of thiazole rings is 1. The van der Waals surface area contributed by atoms with Crippen molar-refractivity contribution in [3.63, 3.8) is 0 Å². The van der Waals surface area contributed by atoms with Crippen molar-refractivity contribution in [2.45, 2.75) is 70.6 Å². The first-order valence-corrected chi connectivity index (χ1v) is 14.8. The quantitative estimate of drug-likeness (QED) is 0.162. The van der Waals surface area contributed by atoms with Crippen molar-refractivity contribution in [2.75, 3.05) is 18.1 Å². The molecule has 9 heteroatoms. The number of hydrogen-bond acceptors (Lipinski definition) is 7. The van der Waals surface area contributed by atoms with E-state index in [1.165, 1.54) is 11.1 Å². The van der Waals surface area contributed by atoms with E-state index in [0.717, 1.165) is 63.7 Å². The van der Waals surface area contributed by atoms with Crippen LogP contribution in [0.4, 0.5) is 10.1 Å². The van der Waals surface area contributed by atoms with Crippen LogP contribution in [0, 0.1) is 6.92 Å². The lowest BCUT2D eigenvalue weighted by atomic mass is 9.57. The lowest BCUT2D eigenvalue weighted by molar-refractivity contribution is -0.115. The smallest absolute Gasteiger partial charge is 0.253 e. The molecule has 41 heavy (non-hydrogen) atoms. The van der Waals surface area contributed by atoms with Crippen molar-refractivity contribution in [1.82, 2.24) is 20.1 Å². The van der Waals surface area contributed by atoms with Gasteiger partial charge in [-0.1, -0.05) is 55.8 Å². The van der Waals surface area contributed by atoms with Gasteiger partial charge in [0.2, 0.25) is 5.89 Å². The molecule has 0 radical (unpaired) electrons. The third-order valence-electron chi connectivity index (χ3n) is 8.19. The average Bonchev–Trinajstić information content (AvgIpc) is 3.57. The molecule has 1 aromatic carbocycles. The number of amides is 1. The van der Waals surface area contributed by atoms with E-state index in [0.29, 0.717) is 12.4 Å². The number of allylic oxidation sites excluding steroid dienone is 1. The zero-order valence-corrected chi connectivity index (χ0v) is 24.8. The number of halogens is 1. The summed E-state index contributed by atoms with van der Waals surface area (Å²) in [5.74, 6) is 1.21. The molecule has 0 unspecified atom stereocenters. The van der Waals surface area contributed by atoms with E-state index in [4.69, 9.17) is 9.51 Å². The van der Waals surface area contributed by atoms with Crippen LogP contribution in [0.5, 0.6) is 0 Å². The minimum absolute atomic E-state index is 0.0172. The predicted octanol–water partition coefficient (Wildman–Crippen LogP) is 7.42. The fourth-order valence-electron chi connectivity index (χ4n) is 5.78. The van der Waals surface area contributed by atoms with Gasteiger partial charge in [-0.25, -0.2) is 9.97 Å². The molecule has 0 saturated heterocycles. The van der Waals surface area contributed by atoms with Crippen LogP contribution in [0.1, 0.15) is 69.6 Å². The highest BCUT2D eigenvalue weighted by molar-refractivity contribution is 7.18. The van der Waals surface area contributed by atoms with Gasteiger partial charge in [0.25, 0.3) is 5.91 Å². The van der Waals surface area contributed by atoms with Gasteiger partial charge in [0.05, 0.1) is 16.4 Å². The standard InChI is InChI=1S/C32H34FN5O2S/c1-19(10-12-33)28(39)38(25-8-6-7-21(13-25)23-14-26-27(34-17-23)35-20(2)41-26)18-22-9-11-32(15-24(22)16-32)29-36-30(40-37-29)31(3,4)5/h6-8,13-14,17H,1,9-12,15-16,18H2,2-5H3. The summed E-state index contributed by atoms with van der Waals surface area (Å²) in [5.41, 5.74) is 5.99. The molecular formula is C32H34FN5O2S. The summed E-state index contributed by atoms with van der Waals surface area (Å²) in [7, 11) is 0. The van der Waals surface area contributed by atoms with Gasteiger partial charge in [-0.2, -0.15) is 4.98 Å². The van der Waals surface area contributed by atoms with Crippen molar-refractivity contribution in [3.8, 4) is 11.1 Å². The number of hydrogen-bond donors (Lipinski definition) is 0. The summed E-state index contributed by atoms with van der Waals surface area (Å²) in [6, 6.07) is 9.98. The maximum Gasteiger partial charge on any atom is 0.253 e. The second kappa shape index (κ2) is 10.3. The van der Waals surface area contributed by atoms with Gasteiger partial charge in [-0.3, -0.25) is 9.18 Å². The van der Waals surface area contributed by atoms with Gasteiger partial charge in [-0.15, -0.1) is 11.3 Å². The minimum Gasteiger partial charge on any atom is -0.339 e. The molecule has 1 saturated carbocycles. The zero-order valence-electron chi connectivity index (χ0n) is 24.0. The fourth-order valence-corrected chi connectivity index (χ4v) is 6.61. The molecule has 0 aliphatic heterocycles. The van der Waals surface area contributed by atoms with Crippen LogP contribution in [0.25, 0.3) is 21.5 Å². The monoisotopic (exact) mass is 571 g/mol. The number of carbonyl (C=O) groups is 1. The summed E-state index contributed by atoms with van der Waals surface area (Å²) in [4.78, 5) is 29.1. The third kappa shape index (κ3) is 5.12. The molecule has 7 nitrogen and oxygen atoms in total. The molecule has 3 heterocycles. The predicted molar refractivity (Wildman–Crippen MR) is 160 cm³/mol. The summed E-state index contributed by atoms with van der Waals surface area (Å²) < 4.78 is 19.8. The molecule has 0 atom stereocenters. The largest absolute Gasteiger partial charge is 0.339 e. The topological polar surface area (TPSA) is 85.0 Å². The van der Waals surface area contributed by atoms with Crippen LogP contribution in [0.15, 0.2) is 64.4 Å². The van der Waals surface area contributed by atoms with Crippen LogP contribution in [0.3, 0.4) is 0 Å². The number of aryl methyl sites for hydroxylation is 1. The average molecular weight is 572 g/mol. The number of aromatic nitrogens is 4. The van der Waals surface area contributed by atoms with Crippen molar-refractivity contribution in [2.24, 2.45) is 0 Å². The van der Waals surface area contributed by atoms with Gasteiger partial charge in [0, 0.05) is 46.8 Å². The molecule has 7 rings (SSSR count). The third-order valence-corrected chi connectivity index (χ3v) is 9.10. The Bertz CT molecular complexity index is 1690. The Hall–Kier alpha value is -3.72. The summed E-state index contributed by atoms with van der Waals surface area (Å²) in [6.07, 6.45) is 5.33. The lowest BCUT2D eigenvalue weighted by Crippen LogP contribution is -2.44. The molecule has 0 spiro atoms. The van der Waals surface area contributed by atoms with E-state index in [1.54, 1.807) is 16.2 Å². The Labute approximate surface area is 243 Å². The molecule has 3 aliphatic carbocycles. The second-order valence-corrected chi connectivity index (χ2v) is 13.5. The summed E-state index contributed by atoms with van der Waals surface area (Å²) >= 11 is 1.61. The van der Waals surface area contributed by atoms with Crippen LogP contribution >= 0.6 is 11.3 Å². The zero-order chi connectivity index (χ0) is 28.9.